The number of nitrogens with one attached hydrogen (secondary N) is 1. The Hall–Kier alpha value is -2.41. The molecule has 1 heterocycles. The summed E-state index contributed by atoms with van der Waals surface area (Å²) in [7, 11) is 0. The molecule has 0 radical (unpaired) electrons. The van der Waals surface area contributed by atoms with Crippen LogP contribution in [-0.2, 0) is 14.3 Å². The summed E-state index contributed by atoms with van der Waals surface area (Å²) in [6, 6.07) is 18.1. The monoisotopic (exact) mass is 513 g/mol. The van der Waals surface area contributed by atoms with Gasteiger partial charge >= 0.3 is 5.97 Å². The lowest BCUT2D eigenvalue weighted by Gasteiger charge is -2.37. The Bertz CT molecular complexity index is 1060. The minimum absolute atomic E-state index is 0.0940. The Balaban J connectivity index is 1.82. The predicted octanol–water partition coefficient (Wildman–Crippen LogP) is 5.22. The molecule has 0 bridgehead atoms. The molecule has 4 rings (SSSR count). The van der Waals surface area contributed by atoms with Crippen LogP contribution in [0, 0.1) is 3.57 Å². The number of dihydropyridines is 1. The first kappa shape index (κ1) is 20.8. The molecule has 30 heavy (non-hydrogen) atoms. The maximum absolute atomic E-state index is 13.5. The third kappa shape index (κ3) is 3.83. The van der Waals surface area contributed by atoms with Gasteiger partial charge in [0.15, 0.2) is 5.78 Å². The van der Waals surface area contributed by atoms with Gasteiger partial charge in [0, 0.05) is 32.9 Å². The van der Waals surface area contributed by atoms with E-state index in [4.69, 9.17) is 4.74 Å². The Morgan fingerprint density at radius 1 is 1.10 bits per heavy atom. The number of hydrogen-bond acceptors (Lipinski definition) is 4. The van der Waals surface area contributed by atoms with Crippen LogP contribution in [-0.4, -0.2) is 18.4 Å². The summed E-state index contributed by atoms with van der Waals surface area (Å²) in [5.74, 6) is -0.539. The number of ether oxygens (including phenoxy) is 1. The van der Waals surface area contributed by atoms with Gasteiger partial charge in [0.2, 0.25) is 0 Å². The van der Waals surface area contributed by atoms with E-state index in [0.717, 1.165) is 26.9 Å². The van der Waals surface area contributed by atoms with Crippen molar-refractivity contribution in [2.75, 3.05) is 6.61 Å². The van der Waals surface area contributed by atoms with Gasteiger partial charge in [-0.15, -0.1) is 0 Å². The number of halogens is 1. The first-order valence-corrected chi connectivity index (χ1v) is 11.3. The SMILES string of the molecule is CCOC(=O)C1=C(C)NC2=C(C(=O)C[C@@H](c3ccccc3)C2)[C@@H]1c1ccccc1I. The molecule has 2 aromatic carbocycles. The molecule has 2 aromatic rings. The number of ketones is 1. The van der Waals surface area contributed by atoms with E-state index in [9.17, 15) is 9.59 Å². The molecule has 4 nitrogen and oxygen atoms in total. The van der Waals surface area contributed by atoms with Crippen molar-refractivity contribution in [2.45, 2.75) is 38.5 Å². The number of allylic oxidation sites excluding steroid dienone is 3. The van der Waals surface area contributed by atoms with Crippen LogP contribution in [0.25, 0.3) is 0 Å². The molecule has 154 valence electrons. The van der Waals surface area contributed by atoms with Crippen LogP contribution in [0.5, 0.6) is 0 Å². The number of Topliss-reactive ketones (excluding diaryl/α,β-unsaturated/α-hetero) is 1. The largest absolute Gasteiger partial charge is 0.463 e. The quantitative estimate of drug-likeness (QED) is 0.450. The molecule has 0 unspecified atom stereocenters. The minimum atomic E-state index is -0.405. The first-order valence-electron chi connectivity index (χ1n) is 10.2. The zero-order valence-corrected chi connectivity index (χ0v) is 19.2. The molecule has 1 aliphatic carbocycles. The van der Waals surface area contributed by atoms with Gasteiger partial charge in [0.1, 0.15) is 0 Å². The van der Waals surface area contributed by atoms with Crippen molar-refractivity contribution in [3.8, 4) is 0 Å². The van der Waals surface area contributed by atoms with E-state index in [1.165, 1.54) is 5.56 Å². The Kier molecular flexibility index (Phi) is 6.09. The van der Waals surface area contributed by atoms with E-state index in [1.807, 2.05) is 49.4 Å². The van der Waals surface area contributed by atoms with Crippen molar-refractivity contribution in [3.05, 3.63) is 91.8 Å². The Morgan fingerprint density at radius 3 is 2.50 bits per heavy atom. The van der Waals surface area contributed by atoms with E-state index < -0.39 is 5.92 Å². The average molecular weight is 513 g/mol. The molecule has 0 aromatic heterocycles. The van der Waals surface area contributed by atoms with Gasteiger partial charge in [-0.3, -0.25) is 4.79 Å². The standard InChI is InChI=1S/C25H24INO3/c1-3-30-25(29)22-15(2)27-20-13-17(16-9-5-4-6-10-16)14-21(28)24(20)23(22)18-11-7-8-12-19(18)26/h4-12,17,23,27H,3,13-14H2,1-2H3/t17-,23+/m0/s1. The highest BCUT2D eigenvalue weighted by atomic mass is 127. The molecule has 1 N–H and O–H groups in total. The fourth-order valence-electron chi connectivity index (χ4n) is 4.50. The molecular weight excluding hydrogens is 489 g/mol. The topological polar surface area (TPSA) is 55.4 Å². The highest BCUT2D eigenvalue weighted by Crippen LogP contribution is 2.46. The van der Waals surface area contributed by atoms with E-state index in [1.54, 1.807) is 6.92 Å². The number of rotatable bonds is 4. The number of carbonyl (C=O) groups excluding carboxylic acids is 2. The van der Waals surface area contributed by atoms with Gasteiger partial charge < -0.3 is 10.1 Å². The van der Waals surface area contributed by atoms with E-state index in [-0.39, 0.29) is 17.7 Å². The van der Waals surface area contributed by atoms with Crippen LogP contribution in [0.2, 0.25) is 0 Å². The van der Waals surface area contributed by atoms with Crippen LogP contribution >= 0.6 is 22.6 Å². The second-order valence-corrected chi connectivity index (χ2v) is 8.83. The average Bonchev–Trinajstić information content (AvgIpc) is 2.74. The summed E-state index contributed by atoms with van der Waals surface area (Å²) < 4.78 is 6.40. The van der Waals surface area contributed by atoms with Gasteiger partial charge in [0.05, 0.1) is 12.2 Å². The smallest absolute Gasteiger partial charge is 0.336 e. The third-order valence-corrected chi connectivity index (χ3v) is 6.79. The highest BCUT2D eigenvalue weighted by Gasteiger charge is 2.41. The summed E-state index contributed by atoms with van der Waals surface area (Å²) in [6.07, 6.45) is 1.19. The molecule has 0 fully saturated rings. The molecule has 5 heteroatoms. The van der Waals surface area contributed by atoms with E-state index in [2.05, 4.69) is 40.0 Å². The maximum Gasteiger partial charge on any atom is 0.336 e. The summed E-state index contributed by atoms with van der Waals surface area (Å²) in [5, 5.41) is 3.39. The lowest BCUT2D eigenvalue weighted by molar-refractivity contribution is -0.138. The van der Waals surface area contributed by atoms with Crippen LogP contribution < -0.4 is 5.32 Å². The van der Waals surface area contributed by atoms with Crippen molar-refractivity contribution >= 4 is 34.3 Å². The summed E-state index contributed by atoms with van der Waals surface area (Å²) in [5.41, 5.74) is 5.07. The Morgan fingerprint density at radius 2 is 1.80 bits per heavy atom. The molecule has 0 saturated heterocycles. The van der Waals surface area contributed by atoms with Gasteiger partial charge in [-0.2, -0.15) is 0 Å². The first-order chi connectivity index (χ1) is 14.5. The number of benzene rings is 2. The van der Waals surface area contributed by atoms with Crippen molar-refractivity contribution in [1.29, 1.82) is 0 Å². The summed E-state index contributed by atoms with van der Waals surface area (Å²) in [6.45, 7) is 3.99. The van der Waals surface area contributed by atoms with E-state index >= 15 is 0 Å². The van der Waals surface area contributed by atoms with E-state index in [0.29, 0.717) is 24.2 Å². The lowest BCUT2D eigenvalue weighted by Crippen LogP contribution is -2.36. The Labute approximate surface area is 190 Å². The van der Waals surface area contributed by atoms with Crippen molar-refractivity contribution in [2.24, 2.45) is 0 Å². The minimum Gasteiger partial charge on any atom is -0.463 e. The van der Waals surface area contributed by atoms with Crippen molar-refractivity contribution in [1.82, 2.24) is 5.32 Å². The molecule has 0 saturated carbocycles. The van der Waals surface area contributed by atoms with Gasteiger partial charge in [0.25, 0.3) is 0 Å². The van der Waals surface area contributed by atoms with Gasteiger partial charge in [-0.1, -0.05) is 48.5 Å². The van der Waals surface area contributed by atoms with Crippen LogP contribution in [0.15, 0.2) is 77.1 Å². The second-order valence-electron chi connectivity index (χ2n) is 7.67. The molecule has 0 spiro atoms. The molecule has 0 amide bonds. The zero-order chi connectivity index (χ0) is 21.3. The fourth-order valence-corrected chi connectivity index (χ4v) is 5.20. The predicted molar refractivity (Wildman–Crippen MR) is 125 cm³/mol. The highest BCUT2D eigenvalue weighted by molar-refractivity contribution is 14.1. The summed E-state index contributed by atoms with van der Waals surface area (Å²) in [4.78, 5) is 26.4. The maximum atomic E-state index is 13.5. The van der Waals surface area contributed by atoms with Crippen LogP contribution in [0.3, 0.4) is 0 Å². The molecule has 2 atom stereocenters. The summed E-state index contributed by atoms with van der Waals surface area (Å²) >= 11 is 2.28. The normalized spacial score (nSPS) is 21.2. The van der Waals surface area contributed by atoms with Crippen molar-refractivity contribution < 1.29 is 14.3 Å². The second kappa shape index (κ2) is 8.76. The fraction of sp³-hybridized carbons (Fsp3) is 0.280. The van der Waals surface area contributed by atoms with Crippen LogP contribution in [0.1, 0.15) is 49.7 Å². The number of carbonyl (C=O) groups is 2. The number of esters is 1. The van der Waals surface area contributed by atoms with Gasteiger partial charge in [-0.05, 0) is 66.0 Å². The molecular formula is C25H24INO3. The zero-order valence-electron chi connectivity index (χ0n) is 17.1. The molecule has 2 aliphatic rings. The third-order valence-electron chi connectivity index (χ3n) is 5.81. The van der Waals surface area contributed by atoms with Gasteiger partial charge in [-0.25, -0.2) is 4.79 Å². The van der Waals surface area contributed by atoms with Crippen LogP contribution in [0.4, 0.5) is 0 Å². The lowest BCUT2D eigenvalue weighted by atomic mass is 9.72. The number of hydrogen-bond donors (Lipinski definition) is 1. The van der Waals surface area contributed by atoms with Crippen molar-refractivity contribution in [3.63, 3.8) is 0 Å². The molecule has 1 aliphatic heterocycles.